The number of carbonyl (C=O) groups excluding carboxylic acids is 2. The van der Waals surface area contributed by atoms with Gasteiger partial charge in [-0.1, -0.05) is 60.2 Å². The van der Waals surface area contributed by atoms with Gasteiger partial charge in [0.25, 0.3) is 0 Å². The Kier molecular flexibility index (Phi) is 5.87. The third kappa shape index (κ3) is 3.99. The van der Waals surface area contributed by atoms with Gasteiger partial charge in [-0.25, -0.2) is 9.59 Å². The van der Waals surface area contributed by atoms with E-state index in [0.29, 0.717) is 19.4 Å². The second-order valence-electron chi connectivity index (χ2n) is 10.1. The third-order valence-corrected chi connectivity index (χ3v) is 7.57. The van der Waals surface area contributed by atoms with Crippen LogP contribution in [0.4, 0.5) is 4.79 Å². The van der Waals surface area contributed by atoms with Crippen LogP contribution in [0.25, 0.3) is 11.1 Å². The van der Waals surface area contributed by atoms with E-state index in [2.05, 4.69) is 17.4 Å². The van der Waals surface area contributed by atoms with Gasteiger partial charge < -0.3 is 20.1 Å². The number of carboxylic acid groups (broad SMARTS) is 1. The van der Waals surface area contributed by atoms with E-state index in [-0.39, 0.29) is 30.8 Å². The number of hydrogen-bond donors (Lipinski definition) is 2. The molecule has 2 aliphatic heterocycles. The highest BCUT2D eigenvalue weighted by Gasteiger charge is 2.63. The molecule has 2 aromatic carbocycles. The number of allylic oxidation sites excluding steroid dienone is 1. The fourth-order valence-electron chi connectivity index (χ4n) is 5.81. The van der Waals surface area contributed by atoms with Crippen LogP contribution in [0.5, 0.6) is 0 Å². The summed E-state index contributed by atoms with van der Waals surface area (Å²) in [5.41, 5.74) is 4.38. The largest absolute Gasteiger partial charge is 0.479 e. The molecule has 3 fully saturated rings. The fraction of sp³-hybridized carbons (Fsp3) is 0.393. The van der Waals surface area contributed by atoms with Crippen LogP contribution in [0.2, 0.25) is 0 Å². The highest BCUT2D eigenvalue weighted by atomic mass is 16.5. The summed E-state index contributed by atoms with van der Waals surface area (Å²) in [4.78, 5) is 39.6. The number of rotatable bonds is 7. The molecule has 35 heavy (non-hydrogen) atoms. The first-order valence-corrected chi connectivity index (χ1v) is 12.1. The molecule has 1 saturated carbocycles. The lowest BCUT2D eigenvalue weighted by Crippen LogP contribution is -2.58. The summed E-state index contributed by atoms with van der Waals surface area (Å²) in [5, 5.41) is 12.5. The molecule has 2 aliphatic carbocycles. The minimum absolute atomic E-state index is 0.0823. The average Bonchev–Trinajstić information content (AvgIpc) is 3.48. The zero-order valence-corrected chi connectivity index (χ0v) is 20.0. The smallest absolute Gasteiger partial charge is 0.407 e. The minimum Gasteiger partial charge on any atom is -0.479 e. The van der Waals surface area contributed by atoms with Crippen molar-refractivity contribution >= 4 is 18.0 Å². The van der Waals surface area contributed by atoms with E-state index in [1.807, 2.05) is 56.3 Å². The topological polar surface area (TPSA) is 95.9 Å². The van der Waals surface area contributed by atoms with Gasteiger partial charge in [0, 0.05) is 12.5 Å². The van der Waals surface area contributed by atoms with E-state index < -0.39 is 23.6 Å². The molecular formula is C28H30N2O5. The van der Waals surface area contributed by atoms with E-state index in [9.17, 15) is 19.5 Å². The van der Waals surface area contributed by atoms with Gasteiger partial charge in [-0.05, 0) is 61.3 Å². The third-order valence-electron chi connectivity index (χ3n) is 7.57. The Morgan fingerprint density at radius 3 is 2.26 bits per heavy atom. The van der Waals surface area contributed by atoms with Crippen molar-refractivity contribution in [2.45, 2.75) is 50.6 Å². The van der Waals surface area contributed by atoms with Crippen LogP contribution in [0, 0.1) is 5.92 Å². The number of carbonyl (C=O) groups is 3. The van der Waals surface area contributed by atoms with Crippen LogP contribution in [0.1, 0.15) is 50.2 Å². The molecule has 2 aromatic rings. The lowest BCUT2D eigenvalue weighted by molar-refractivity contribution is -0.159. The number of nitrogens with zero attached hydrogens (tertiary/aromatic N) is 1. The van der Waals surface area contributed by atoms with E-state index >= 15 is 0 Å². The SMILES string of the molecule is CC(C)=CCC(NC(=O)OCC1c2ccccc2-c2ccccc21)C(=O)N1CC2CC1(C(=O)O)C2. The number of ether oxygens (including phenoxy) is 1. The molecule has 2 heterocycles. The molecule has 2 bridgehead atoms. The molecule has 1 unspecified atom stereocenters. The van der Waals surface area contributed by atoms with E-state index in [4.69, 9.17) is 4.74 Å². The summed E-state index contributed by atoms with van der Waals surface area (Å²) in [6, 6.07) is 15.3. The molecule has 7 heteroatoms. The van der Waals surface area contributed by atoms with E-state index in [1.165, 1.54) is 4.90 Å². The highest BCUT2D eigenvalue weighted by molar-refractivity contribution is 5.93. The van der Waals surface area contributed by atoms with Gasteiger partial charge in [0.15, 0.2) is 0 Å². The average molecular weight is 475 g/mol. The summed E-state index contributed by atoms with van der Waals surface area (Å²) < 4.78 is 5.64. The van der Waals surface area contributed by atoms with Crippen LogP contribution >= 0.6 is 0 Å². The second kappa shape index (κ2) is 8.87. The van der Waals surface area contributed by atoms with Gasteiger partial charge in [-0.3, -0.25) is 4.79 Å². The molecule has 2 amide bonds. The molecule has 0 spiro atoms. The Morgan fingerprint density at radius 2 is 1.69 bits per heavy atom. The van der Waals surface area contributed by atoms with E-state index in [0.717, 1.165) is 27.8 Å². The number of nitrogens with one attached hydrogen (secondary N) is 1. The summed E-state index contributed by atoms with van der Waals surface area (Å²) >= 11 is 0. The summed E-state index contributed by atoms with van der Waals surface area (Å²) in [5.74, 6) is -1.20. The lowest BCUT2D eigenvalue weighted by atomic mass is 9.73. The molecular weight excluding hydrogens is 444 g/mol. The van der Waals surface area contributed by atoms with E-state index in [1.54, 1.807) is 0 Å². The lowest BCUT2D eigenvalue weighted by Gasteiger charge is -2.38. The van der Waals surface area contributed by atoms with Gasteiger partial charge in [0.1, 0.15) is 18.2 Å². The van der Waals surface area contributed by atoms with Crippen LogP contribution in [0.3, 0.4) is 0 Å². The fourth-order valence-corrected chi connectivity index (χ4v) is 5.81. The van der Waals surface area contributed by atoms with Gasteiger partial charge in [-0.15, -0.1) is 0 Å². The number of fused-ring (bicyclic) bond motifs is 4. The molecule has 1 atom stereocenters. The van der Waals surface area contributed by atoms with Gasteiger partial charge in [0.2, 0.25) is 5.91 Å². The van der Waals surface area contributed by atoms with Gasteiger partial charge in [-0.2, -0.15) is 0 Å². The van der Waals surface area contributed by atoms with Crippen molar-refractivity contribution < 1.29 is 24.2 Å². The zero-order valence-electron chi connectivity index (χ0n) is 20.0. The Bertz CT molecular complexity index is 1160. The first kappa shape index (κ1) is 23.1. The zero-order chi connectivity index (χ0) is 24.7. The Balaban J connectivity index is 1.29. The molecule has 2 saturated heterocycles. The monoisotopic (exact) mass is 474 g/mol. The number of aliphatic carboxylic acids is 1. The number of amides is 2. The number of carboxylic acids is 1. The molecule has 4 aliphatic rings. The van der Waals surface area contributed by atoms with Crippen LogP contribution in [-0.4, -0.2) is 52.7 Å². The number of hydrogen-bond acceptors (Lipinski definition) is 4. The van der Waals surface area contributed by atoms with Crippen molar-refractivity contribution in [3.8, 4) is 11.1 Å². The minimum atomic E-state index is -1.13. The Hall–Kier alpha value is -3.61. The summed E-state index contributed by atoms with van der Waals surface area (Å²) in [6.45, 7) is 4.40. The Labute approximate surface area is 204 Å². The first-order chi connectivity index (χ1) is 16.8. The van der Waals surface area contributed by atoms with Crippen LogP contribution in [0.15, 0.2) is 60.2 Å². The predicted octanol–water partition coefficient (Wildman–Crippen LogP) is 4.33. The van der Waals surface area contributed by atoms with Crippen molar-refractivity contribution in [3.63, 3.8) is 0 Å². The molecule has 0 aromatic heterocycles. The Morgan fingerprint density at radius 1 is 1.09 bits per heavy atom. The van der Waals surface area contributed by atoms with Gasteiger partial charge in [0.05, 0.1) is 0 Å². The molecule has 6 rings (SSSR count). The summed E-state index contributed by atoms with van der Waals surface area (Å²) in [7, 11) is 0. The standard InChI is InChI=1S/C28H30N2O5/c1-17(2)11-12-24(25(31)30-15-18-13-28(30,14-18)26(32)33)29-27(34)35-16-23-21-9-5-3-7-19(21)20-8-4-6-10-22(20)23/h3-11,18,23-24H,12-16H2,1-2H3,(H,29,34)(H,32,33). The number of benzene rings is 2. The number of alkyl carbamates (subject to hydrolysis) is 1. The normalized spacial score (nSPS) is 22.5. The quantitative estimate of drug-likeness (QED) is 0.583. The van der Waals surface area contributed by atoms with Crippen molar-refractivity contribution in [2.75, 3.05) is 13.2 Å². The van der Waals surface area contributed by atoms with Crippen molar-refractivity contribution in [1.82, 2.24) is 10.2 Å². The molecule has 2 N–H and O–H groups in total. The van der Waals surface area contributed by atoms with Gasteiger partial charge >= 0.3 is 12.1 Å². The van der Waals surface area contributed by atoms with Crippen molar-refractivity contribution in [2.24, 2.45) is 5.92 Å². The first-order valence-electron chi connectivity index (χ1n) is 12.1. The highest BCUT2D eigenvalue weighted by Crippen LogP contribution is 2.51. The van der Waals surface area contributed by atoms with Crippen molar-refractivity contribution in [3.05, 3.63) is 71.3 Å². The van der Waals surface area contributed by atoms with Crippen molar-refractivity contribution in [1.29, 1.82) is 0 Å². The van der Waals surface area contributed by atoms with Crippen LogP contribution in [-0.2, 0) is 14.3 Å². The predicted molar refractivity (Wildman–Crippen MR) is 131 cm³/mol. The molecule has 0 radical (unpaired) electrons. The maximum Gasteiger partial charge on any atom is 0.407 e. The van der Waals surface area contributed by atoms with Crippen LogP contribution < -0.4 is 5.32 Å². The maximum atomic E-state index is 13.4. The maximum absolute atomic E-state index is 13.4. The summed E-state index contributed by atoms with van der Waals surface area (Å²) in [6.07, 6.45) is 2.44. The molecule has 182 valence electrons. The molecule has 7 nitrogen and oxygen atoms in total. The second-order valence-corrected chi connectivity index (χ2v) is 10.1.